The number of carboxylic acid groups (broad SMARTS) is 1. The van der Waals surface area contributed by atoms with Crippen LogP contribution < -0.4 is 5.32 Å². The normalized spacial score (nSPS) is 24.6. The number of rotatable bonds is 5. The Hall–Kier alpha value is -1.26. The highest BCUT2D eigenvalue weighted by molar-refractivity contribution is 5.75. The van der Waals surface area contributed by atoms with E-state index in [2.05, 4.69) is 19.2 Å². The van der Waals surface area contributed by atoms with E-state index in [1.54, 1.807) is 4.90 Å². The monoisotopic (exact) mass is 268 g/mol. The largest absolute Gasteiger partial charge is 0.481 e. The molecule has 1 unspecified atom stereocenters. The molecule has 108 valence electrons. The van der Waals surface area contributed by atoms with Crippen molar-refractivity contribution >= 4 is 12.0 Å². The lowest BCUT2D eigenvalue weighted by atomic mass is 9.92. The number of urea groups is 1. The van der Waals surface area contributed by atoms with Gasteiger partial charge in [-0.2, -0.15) is 0 Å². The van der Waals surface area contributed by atoms with Crippen LogP contribution in [0.5, 0.6) is 0 Å². The number of nitrogens with one attached hydrogen (secondary N) is 1. The molecule has 1 saturated carbocycles. The lowest BCUT2D eigenvalue weighted by Crippen LogP contribution is -2.42. The molecule has 2 aliphatic rings. The summed E-state index contributed by atoms with van der Waals surface area (Å²) in [4.78, 5) is 24.4. The molecule has 2 N–H and O–H groups in total. The molecule has 0 aromatic carbocycles. The van der Waals surface area contributed by atoms with Crippen molar-refractivity contribution < 1.29 is 14.7 Å². The molecule has 1 aliphatic heterocycles. The zero-order valence-corrected chi connectivity index (χ0v) is 11.8. The molecule has 2 fully saturated rings. The van der Waals surface area contributed by atoms with Gasteiger partial charge in [0.1, 0.15) is 0 Å². The fraction of sp³-hybridized carbons (Fsp3) is 0.857. The van der Waals surface area contributed by atoms with Crippen LogP contribution in [0.25, 0.3) is 0 Å². The van der Waals surface area contributed by atoms with E-state index in [1.165, 1.54) is 12.8 Å². The van der Waals surface area contributed by atoms with E-state index in [4.69, 9.17) is 5.11 Å². The van der Waals surface area contributed by atoms with E-state index in [0.717, 1.165) is 13.0 Å². The Morgan fingerprint density at radius 3 is 2.63 bits per heavy atom. The first-order chi connectivity index (χ1) is 8.93. The van der Waals surface area contributed by atoms with Crippen molar-refractivity contribution in [3.05, 3.63) is 0 Å². The second-order valence-corrected chi connectivity index (χ2v) is 6.37. The zero-order valence-electron chi connectivity index (χ0n) is 11.8. The minimum atomic E-state index is -0.774. The summed E-state index contributed by atoms with van der Waals surface area (Å²) in [6.45, 7) is 6.42. The van der Waals surface area contributed by atoms with E-state index >= 15 is 0 Å². The molecular formula is C14H24N2O3. The van der Waals surface area contributed by atoms with Gasteiger partial charge in [0, 0.05) is 26.1 Å². The van der Waals surface area contributed by atoms with Crippen LogP contribution in [-0.2, 0) is 4.79 Å². The molecule has 19 heavy (non-hydrogen) atoms. The molecule has 5 heteroatoms. The SMILES string of the molecule is CC(C)C1(CNC(=O)N2CCC(CC(=O)O)C2)CC1. The maximum atomic E-state index is 12.0. The summed E-state index contributed by atoms with van der Waals surface area (Å²) in [7, 11) is 0. The predicted octanol–water partition coefficient (Wildman–Crippen LogP) is 1.93. The molecule has 2 amide bonds. The molecule has 0 aromatic heterocycles. The van der Waals surface area contributed by atoms with Crippen molar-refractivity contribution in [3.8, 4) is 0 Å². The van der Waals surface area contributed by atoms with Crippen LogP contribution in [-0.4, -0.2) is 41.6 Å². The van der Waals surface area contributed by atoms with Crippen LogP contribution in [0.1, 0.15) is 39.5 Å². The van der Waals surface area contributed by atoms with Crippen molar-refractivity contribution in [2.24, 2.45) is 17.3 Å². The molecule has 1 heterocycles. The number of carbonyl (C=O) groups is 2. The number of amides is 2. The van der Waals surface area contributed by atoms with Crippen molar-refractivity contribution in [3.63, 3.8) is 0 Å². The van der Waals surface area contributed by atoms with Gasteiger partial charge in [-0.15, -0.1) is 0 Å². The second kappa shape index (κ2) is 5.39. The standard InChI is InChI=1S/C14H24N2O3/c1-10(2)14(4-5-14)9-15-13(19)16-6-3-11(8-16)7-12(17)18/h10-11H,3-9H2,1-2H3,(H,15,19)(H,17,18). The highest BCUT2D eigenvalue weighted by Gasteiger charge is 2.45. The van der Waals surface area contributed by atoms with Crippen molar-refractivity contribution in [1.82, 2.24) is 10.2 Å². The minimum absolute atomic E-state index is 0.0280. The lowest BCUT2D eigenvalue weighted by Gasteiger charge is -2.23. The quantitative estimate of drug-likeness (QED) is 0.800. The predicted molar refractivity (Wildman–Crippen MR) is 71.8 cm³/mol. The van der Waals surface area contributed by atoms with Gasteiger partial charge < -0.3 is 15.3 Å². The van der Waals surface area contributed by atoms with Crippen LogP contribution in [0.4, 0.5) is 4.79 Å². The lowest BCUT2D eigenvalue weighted by molar-refractivity contribution is -0.138. The van der Waals surface area contributed by atoms with E-state index < -0.39 is 5.97 Å². The first-order valence-electron chi connectivity index (χ1n) is 7.17. The fourth-order valence-electron chi connectivity index (χ4n) is 2.91. The average Bonchev–Trinajstić information content (AvgIpc) is 3.00. The smallest absolute Gasteiger partial charge is 0.317 e. The highest BCUT2D eigenvalue weighted by atomic mass is 16.4. The number of nitrogens with zero attached hydrogens (tertiary/aromatic N) is 1. The van der Waals surface area contributed by atoms with E-state index in [-0.39, 0.29) is 18.4 Å². The maximum absolute atomic E-state index is 12.0. The first kappa shape index (κ1) is 14.2. The summed E-state index contributed by atoms with van der Waals surface area (Å²) in [5.41, 5.74) is 0.315. The molecule has 1 atom stereocenters. The molecule has 0 spiro atoms. The third-order valence-electron chi connectivity index (χ3n) is 4.75. The Labute approximate surface area is 114 Å². The highest BCUT2D eigenvalue weighted by Crippen LogP contribution is 2.51. The Morgan fingerprint density at radius 1 is 1.42 bits per heavy atom. The number of carbonyl (C=O) groups excluding carboxylic acids is 1. The summed E-state index contributed by atoms with van der Waals surface area (Å²) in [6.07, 6.45) is 3.37. The van der Waals surface area contributed by atoms with Crippen LogP contribution >= 0.6 is 0 Å². The van der Waals surface area contributed by atoms with Crippen molar-refractivity contribution in [2.45, 2.75) is 39.5 Å². The fourth-order valence-corrected chi connectivity index (χ4v) is 2.91. The van der Waals surface area contributed by atoms with E-state index in [1.807, 2.05) is 0 Å². The average molecular weight is 268 g/mol. The maximum Gasteiger partial charge on any atom is 0.317 e. The minimum Gasteiger partial charge on any atom is -0.481 e. The van der Waals surface area contributed by atoms with Gasteiger partial charge in [0.25, 0.3) is 0 Å². The second-order valence-electron chi connectivity index (χ2n) is 6.37. The van der Waals surface area contributed by atoms with Crippen molar-refractivity contribution in [2.75, 3.05) is 19.6 Å². The zero-order chi connectivity index (χ0) is 14.0. The summed E-state index contributed by atoms with van der Waals surface area (Å²) >= 11 is 0. The molecule has 0 bridgehead atoms. The van der Waals surface area contributed by atoms with Gasteiger partial charge >= 0.3 is 12.0 Å². The molecule has 2 rings (SSSR count). The molecule has 0 radical (unpaired) electrons. The Morgan fingerprint density at radius 2 is 2.11 bits per heavy atom. The molecule has 0 aromatic rings. The van der Waals surface area contributed by atoms with Gasteiger partial charge in [0.15, 0.2) is 0 Å². The molecule has 5 nitrogen and oxygen atoms in total. The Bertz CT molecular complexity index is 364. The summed E-state index contributed by atoms with van der Waals surface area (Å²) < 4.78 is 0. The van der Waals surface area contributed by atoms with E-state index in [9.17, 15) is 9.59 Å². The van der Waals surface area contributed by atoms with Crippen LogP contribution in [0.2, 0.25) is 0 Å². The number of aliphatic carboxylic acids is 1. The molecule has 1 aliphatic carbocycles. The van der Waals surface area contributed by atoms with Crippen LogP contribution in [0.3, 0.4) is 0 Å². The Kier molecular flexibility index (Phi) is 4.02. The van der Waals surface area contributed by atoms with Crippen LogP contribution in [0.15, 0.2) is 0 Å². The third-order valence-corrected chi connectivity index (χ3v) is 4.75. The summed E-state index contributed by atoms with van der Waals surface area (Å²) in [5.74, 6) is -0.0571. The summed E-state index contributed by atoms with van der Waals surface area (Å²) in [5, 5.41) is 11.8. The number of carboxylic acids is 1. The number of likely N-dealkylation sites (tertiary alicyclic amines) is 1. The number of hydrogen-bond acceptors (Lipinski definition) is 2. The van der Waals surface area contributed by atoms with Gasteiger partial charge in [-0.25, -0.2) is 4.79 Å². The van der Waals surface area contributed by atoms with Crippen molar-refractivity contribution in [1.29, 1.82) is 0 Å². The van der Waals surface area contributed by atoms with Gasteiger partial charge in [-0.1, -0.05) is 13.8 Å². The molecule has 1 saturated heterocycles. The van der Waals surface area contributed by atoms with Gasteiger partial charge in [-0.05, 0) is 36.5 Å². The first-order valence-corrected chi connectivity index (χ1v) is 7.17. The molecular weight excluding hydrogens is 244 g/mol. The van der Waals surface area contributed by atoms with Crippen LogP contribution in [0, 0.1) is 17.3 Å². The number of hydrogen-bond donors (Lipinski definition) is 2. The summed E-state index contributed by atoms with van der Waals surface area (Å²) in [6, 6.07) is -0.0280. The van der Waals surface area contributed by atoms with Gasteiger partial charge in [-0.3, -0.25) is 4.79 Å². The Balaban J connectivity index is 1.74. The van der Waals surface area contributed by atoms with Gasteiger partial charge in [0.05, 0.1) is 0 Å². The van der Waals surface area contributed by atoms with E-state index in [0.29, 0.717) is 24.4 Å². The third kappa shape index (κ3) is 3.39. The topological polar surface area (TPSA) is 69.6 Å². The van der Waals surface area contributed by atoms with Gasteiger partial charge in [0.2, 0.25) is 0 Å².